The Morgan fingerprint density at radius 2 is 2.03 bits per heavy atom. The molecule has 0 spiro atoms. The van der Waals surface area contributed by atoms with Gasteiger partial charge in [-0.3, -0.25) is 9.69 Å². The maximum absolute atomic E-state index is 13.5. The van der Waals surface area contributed by atoms with Crippen molar-refractivity contribution < 1.29 is 13.6 Å². The van der Waals surface area contributed by atoms with E-state index >= 15 is 0 Å². The molecule has 35 heavy (non-hydrogen) atoms. The van der Waals surface area contributed by atoms with Gasteiger partial charge in [0.25, 0.3) is 11.8 Å². The number of thiophene rings is 1. The van der Waals surface area contributed by atoms with Crippen molar-refractivity contribution in [2.24, 2.45) is 5.10 Å². The molecule has 4 heterocycles. The Bertz CT molecular complexity index is 1280. The number of furan rings is 1. The van der Waals surface area contributed by atoms with Crippen LogP contribution in [0.1, 0.15) is 48.6 Å². The Morgan fingerprint density at radius 3 is 2.74 bits per heavy atom. The van der Waals surface area contributed by atoms with Gasteiger partial charge in [-0.05, 0) is 49.0 Å². The van der Waals surface area contributed by atoms with E-state index in [9.17, 15) is 4.79 Å². The van der Waals surface area contributed by atoms with Gasteiger partial charge in [0.2, 0.25) is 5.89 Å². The number of hydrogen-bond donors (Lipinski definition) is 0. The first-order chi connectivity index (χ1) is 17.1. The minimum atomic E-state index is -0.272. The van der Waals surface area contributed by atoms with Gasteiger partial charge in [0, 0.05) is 6.42 Å². The zero-order valence-corrected chi connectivity index (χ0v) is 20.6. The van der Waals surface area contributed by atoms with Gasteiger partial charge >= 0.3 is 0 Å². The molecule has 1 amide bonds. The first-order valence-corrected chi connectivity index (χ1v) is 12.6. The number of carbonyl (C=O) groups excluding carboxylic acids is 1. The van der Waals surface area contributed by atoms with Crippen LogP contribution in [0.4, 0.5) is 0 Å². The number of aryl methyl sites for hydroxylation is 1. The molecule has 9 heteroatoms. The largest absolute Gasteiger partial charge is 0.467 e. The SMILES string of the molecule is CCCN(CC(=O)N1N=C(c2ccc(C)cc2)C[C@@H]1c1ccco1)Cc1nnc(-c2cccs2)o1. The zero-order chi connectivity index (χ0) is 24.2. The summed E-state index contributed by atoms with van der Waals surface area (Å²) < 4.78 is 11.5. The number of rotatable bonds is 9. The Labute approximate surface area is 207 Å². The number of hydrazone groups is 1. The third-order valence-corrected chi connectivity index (χ3v) is 6.74. The molecule has 1 aliphatic heterocycles. The molecule has 180 valence electrons. The summed E-state index contributed by atoms with van der Waals surface area (Å²) in [5.41, 5.74) is 3.07. The van der Waals surface area contributed by atoms with Gasteiger partial charge in [0.15, 0.2) is 0 Å². The van der Waals surface area contributed by atoms with Crippen LogP contribution in [0.5, 0.6) is 0 Å². The van der Waals surface area contributed by atoms with E-state index in [1.54, 1.807) is 22.6 Å². The quantitative estimate of drug-likeness (QED) is 0.317. The molecule has 0 aliphatic carbocycles. The van der Waals surface area contributed by atoms with Crippen LogP contribution in [-0.2, 0) is 11.3 Å². The highest BCUT2D eigenvalue weighted by molar-refractivity contribution is 7.13. The van der Waals surface area contributed by atoms with Crippen LogP contribution in [0, 0.1) is 6.92 Å². The van der Waals surface area contributed by atoms with E-state index in [1.807, 2.05) is 46.7 Å². The molecule has 8 nitrogen and oxygen atoms in total. The van der Waals surface area contributed by atoms with Gasteiger partial charge in [-0.15, -0.1) is 21.5 Å². The fourth-order valence-electron chi connectivity index (χ4n) is 4.17. The topological polar surface area (TPSA) is 88.0 Å². The van der Waals surface area contributed by atoms with Crippen molar-refractivity contribution >= 4 is 23.0 Å². The molecule has 0 saturated carbocycles. The second kappa shape index (κ2) is 10.4. The average Bonchev–Trinajstić information content (AvgIpc) is 3.66. The highest BCUT2D eigenvalue weighted by Gasteiger charge is 2.35. The first kappa shape index (κ1) is 23.2. The third-order valence-electron chi connectivity index (χ3n) is 5.88. The molecule has 0 saturated heterocycles. The van der Waals surface area contributed by atoms with E-state index in [-0.39, 0.29) is 18.5 Å². The first-order valence-electron chi connectivity index (χ1n) is 11.7. The molecular weight excluding hydrogens is 462 g/mol. The van der Waals surface area contributed by atoms with E-state index in [2.05, 4.69) is 36.2 Å². The van der Waals surface area contributed by atoms with Crippen molar-refractivity contribution in [3.63, 3.8) is 0 Å². The average molecular weight is 490 g/mol. The molecular formula is C26H27N5O3S. The van der Waals surface area contributed by atoms with Crippen molar-refractivity contribution in [2.75, 3.05) is 13.1 Å². The highest BCUT2D eigenvalue weighted by atomic mass is 32.1. The van der Waals surface area contributed by atoms with Gasteiger partial charge in [-0.25, -0.2) is 5.01 Å². The zero-order valence-electron chi connectivity index (χ0n) is 19.8. The lowest BCUT2D eigenvalue weighted by Crippen LogP contribution is -2.38. The minimum absolute atomic E-state index is 0.0973. The van der Waals surface area contributed by atoms with Crippen LogP contribution in [0.25, 0.3) is 10.8 Å². The van der Waals surface area contributed by atoms with E-state index in [1.165, 1.54) is 5.56 Å². The van der Waals surface area contributed by atoms with Gasteiger partial charge in [0.1, 0.15) is 11.8 Å². The smallest absolute Gasteiger partial charge is 0.257 e. The summed E-state index contributed by atoms with van der Waals surface area (Å²) in [6.07, 6.45) is 3.12. The molecule has 1 atom stereocenters. The molecule has 0 radical (unpaired) electrons. The summed E-state index contributed by atoms with van der Waals surface area (Å²) in [5, 5.41) is 16.6. The lowest BCUT2D eigenvalue weighted by Gasteiger charge is -2.24. The fourth-order valence-corrected chi connectivity index (χ4v) is 4.81. The van der Waals surface area contributed by atoms with E-state index < -0.39 is 0 Å². The summed E-state index contributed by atoms with van der Waals surface area (Å²) in [4.78, 5) is 16.5. The van der Waals surface area contributed by atoms with E-state index in [0.717, 1.165) is 34.9 Å². The Balaban J connectivity index is 1.34. The van der Waals surface area contributed by atoms with E-state index in [0.29, 0.717) is 24.7 Å². The maximum atomic E-state index is 13.5. The molecule has 5 rings (SSSR count). The molecule has 0 fully saturated rings. The summed E-state index contributed by atoms with van der Waals surface area (Å²) in [6.45, 7) is 5.43. The van der Waals surface area contributed by atoms with Crippen molar-refractivity contribution in [1.29, 1.82) is 0 Å². The van der Waals surface area contributed by atoms with E-state index in [4.69, 9.17) is 13.9 Å². The second-order valence-electron chi connectivity index (χ2n) is 8.58. The maximum Gasteiger partial charge on any atom is 0.257 e. The third kappa shape index (κ3) is 5.26. The molecule has 0 bridgehead atoms. The molecule has 0 unspecified atom stereocenters. The van der Waals surface area contributed by atoms with Crippen molar-refractivity contribution in [3.8, 4) is 10.8 Å². The highest BCUT2D eigenvalue weighted by Crippen LogP contribution is 2.33. The predicted octanol–water partition coefficient (Wildman–Crippen LogP) is 5.29. The van der Waals surface area contributed by atoms with Crippen molar-refractivity contribution in [2.45, 2.75) is 39.3 Å². The molecule has 0 N–H and O–H groups in total. The van der Waals surface area contributed by atoms with Crippen molar-refractivity contribution in [1.82, 2.24) is 20.1 Å². The number of benzene rings is 1. The minimum Gasteiger partial charge on any atom is -0.467 e. The normalized spacial score (nSPS) is 15.7. The van der Waals surface area contributed by atoms with Crippen molar-refractivity contribution in [3.05, 3.63) is 83.0 Å². The lowest BCUT2D eigenvalue weighted by molar-refractivity contribution is -0.134. The van der Waals surface area contributed by atoms with Crippen LogP contribution in [0.3, 0.4) is 0 Å². The number of carbonyl (C=O) groups is 1. The summed E-state index contributed by atoms with van der Waals surface area (Å²) >= 11 is 1.55. The van der Waals surface area contributed by atoms with Gasteiger partial charge in [-0.2, -0.15) is 5.10 Å². The van der Waals surface area contributed by atoms with Gasteiger partial charge in [0.05, 0.1) is 29.9 Å². The Kier molecular flexibility index (Phi) is 6.87. The molecule has 3 aromatic heterocycles. The number of nitrogens with zero attached hydrogens (tertiary/aromatic N) is 5. The number of aromatic nitrogens is 2. The lowest BCUT2D eigenvalue weighted by atomic mass is 10.0. The Morgan fingerprint density at radius 1 is 1.17 bits per heavy atom. The van der Waals surface area contributed by atoms with Gasteiger partial charge in [-0.1, -0.05) is 42.8 Å². The molecule has 4 aromatic rings. The molecule has 1 aliphatic rings. The van der Waals surface area contributed by atoms with Crippen LogP contribution in [0.15, 0.2) is 74.1 Å². The van der Waals surface area contributed by atoms with Crippen LogP contribution in [0.2, 0.25) is 0 Å². The fraction of sp³-hybridized carbons (Fsp3) is 0.308. The monoisotopic (exact) mass is 489 g/mol. The summed E-state index contributed by atoms with van der Waals surface area (Å²) in [5.74, 6) is 1.62. The molecule has 1 aromatic carbocycles. The van der Waals surface area contributed by atoms with Crippen LogP contribution < -0.4 is 0 Å². The Hall–Kier alpha value is -3.56. The number of hydrogen-bond acceptors (Lipinski definition) is 8. The predicted molar refractivity (Wildman–Crippen MR) is 134 cm³/mol. The van der Waals surface area contributed by atoms with Crippen LogP contribution in [-0.4, -0.2) is 44.8 Å². The van der Waals surface area contributed by atoms with Gasteiger partial charge < -0.3 is 8.83 Å². The summed E-state index contributed by atoms with van der Waals surface area (Å²) in [7, 11) is 0. The summed E-state index contributed by atoms with van der Waals surface area (Å²) in [6, 6.07) is 15.6. The standard InChI is InChI=1S/C26H27N5O3S/c1-3-12-30(16-24-27-28-26(34-24)23-7-5-14-35-23)17-25(32)31-21(22-6-4-13-33-22)15-20(29-31)19-10-8-18(2)9-11-19/h4-11,13-14,21H,3,12,15-17H2,1-2H3/t21-/m1/s1. The number of amides is 1. The second-order valence-corrected chi connectivity index (χ2v) is 9.52. The van der Waals surface area contributed by atoms with Crippen LogP contribution >= 0.6 is 11.3 Å².